The van der Waals surface area contributed by atoms with Gasteiger partial charge in [0, 0.05) is 34.9 Å². The molecule has 0 aliphatic carbocycles. The molecule has 0 unspecified atom stereocenters. The Balaban J connectivity index is 1.54. The number of nitrogens with one attached hydrogen (secondary N) is 2. The molecule has 2 aromatic heterocycles. The van der Waals surface area contributed by atoms with Gasteiger partial charge in [-0.2, -0.15) is 0 Å². The molecule has 8 heteroatoms. The molecule has 3 rings (SSSR count). The average molecular weight is 402 g/mol. The molecule has 0 bridgehead atoms. The summed E-state index contributed by atoms with van der Waals surface area (Å²) in [5, 5.41) is 7.46. The van der Waals surface area contributed by atoms with Crippen LogP contribution in [0, 0.1) is 13.8 Å². The Hall–Kier alpha value is -2.71. The molecule has 6 nitrogen and oxygen atoms in total. The number of carbonyl (C=O) groups excluding carboxylic acids is 2. The summed E-state index contributed by atoms with van der Waals surface area (Å²) in [6.45, 7) is 4.14. The van der Waals surface area contributed by atoms with E-state index < -0.39 is 0 Å². The molecule has 2 N–H and O–H groups in total. The van der Waals surface area contributed by atoms with Crippen molar-refractivity contribution in [1.82, 2.24) is 4.57 Å². The number of carbonyl (C=O) groups is 2. The molecule has 27 heavy (non-hydrogen) atoms. The molecule has 0 aliphatic heterocycles. The van der Waals surface area contributed by atoms with Crippen LogP contribution in [0.25, 0.3) is 0 Å². The third-order valence-corrected chi connectivity index (χ3v) is 5.97. The fourth-order valence-corrected chi connectivity index (χ4v) is 4.00. The SMILES string of the molecule is Cc1sc(=O)n(CCC(=O)Nc2ccc(NC(=O)c3cccs3)cc2)c1C. The summed E-state index contributed by atoms with van der Waals surface area (Å²) in [6, 6.07) is 10.5. The number of anilines is 2. The topological polar surface area (TPSA) is 80.2 Å². The van der Waals surface area contributed by atoms with E-state index >= 15 is 0 Å². The van der Waals surface area contributed by atoms with Gasteiger partial charge in [-0.3, -0.25) is 14.4 Å². The number of rotatable bonds is 6. The Morgan fingerprint density at radius 1 is 1.04 bits per heavy atom. The van der Waals surface area contributed by atoms with Crippen molar-refractivity contribution >= 4 is 45.9 Å². The van der Waals surface area contributed by atoms with E-state index in [9.17, 15) is 14.4 Å². The highest BCUT2D eigenvalue weighted by Gasteiger charge is 2.10. The molecule has 0 spiro atoms. The molecule has 1 aromatic carbocycles. The summed E-state index contributed by atoms with van der Waals surface area (Å²) in [6.07, 6.45) is 0.216. The lowest BCUT2D eigenvalue weighted by Crippen LogP contribution is -2.20. The largest absolute Gasteiger partial charge is 0.326 e. The maximum Gasteiger partial charge on any atom is 0.307 e. The minimum absolute atomic E-state index is 0.0383. The van der Waals surface area contributed by atoms with Crippen LogP contribution >= 0.6 is 22.7 Å². The fourth-order valence-electron chi connectivity index (χ4n) is 2.52. The smallest absolute Gasteiger partial charge is 0.307 e. The van der Waals surface area contributed by atoms with Crippen LogP contribution in [0.4, 0.5) is 11.4 Å². The van der Waals surface area contributed by atoms with Gasteiger partial charge in [-0.25, -0.2) is 0 Å². The van der Waals surface area contributed by atoms with Crippen molar-refractivity contribution in [2.75, 3.05) is 10.6 Å². The summed E-state index contributed by atoms with van der Waals surface area (Å²) in [5.41, 5.74) is 2.20. The van der Waals surface area contributed by atoms with Crippen LogP contribution < -0.4 is 15.5 Å². The molecule has 0 saturated heterocycles. The van der Waals surface area contributed by atoms with Crippen LogP contribution in [0.1, 0.15) is 26.7 Å². The third kappa shape index (κ3) is 4.72. The summed E-state index contributed by atoms with van der Waals surface area (Å²) in [5.74, 6) is -0.325. The minimum Gasteiger partial charge on any atom is -0.326 e. The number of benzene rings is 1. The molecule has 0 fully saturated rings. The van der Waals surface area contributed by atoms with Gasteiger partial charge in [0.1, 0.15) is 0 Å². The Morgan fingerprint density at radius 3 is 2.26 bits per heavy atom. The van der Waals surface area contributed by atoms with E-state index in [1.54, 1.807) is 34.9 Å². The first-order valence-corrected chi connectivity index (χ1v) is 10.1. The van der Waals surface area contributed by atoms with E-state index in [0.29, 0.717) is 22.8 Å². The van der Waals surface area contributed by atoms with Crippen LogP contribution in [0.2, 0.25) is 0 Å². The second kappa shape index (κ2) is 8.32. The molecule has 0 atom stereocenters. The summed E-state index contributed by atoms with van der Waals surface area (Å²) in [4.78, 5) is 37.6. The lowest BCUT2D eigenvalue weighted by Gasteiger charge is -2.08. The van der Waals surface area contributed by atoms with Gasteiger partial charge in [-0.05, 0) is 49.6 Å². The average Bonchev–Trinajstić information content (AvgIpc) is 3.25. The lowest BCUT2D eigenvalue weighted by atomic mass is 10.2. The highest BCUT2D eigenvalue weighted by Crippen LogP contribution is 2.17. The van der Waals surface area contributed by atoms with E-state index in [2.05, 4.69) is 10.6 Å². The van der Waals surface area contributed by atoms with Crippen LogP contribution in [0.5, 0.6) is 0 Å². The molecular weight excluding hydrogens is 382 g/mol. The van der Waals surface area contributed by atoms with Gasteiger partial charge in [0.2, 0.25) is 5.91 Å². The van der Waals surface area contributed by atoms with E-state index in [4.69, 9.17) is 0 Å². The number of aryl methyl sites for hydroxylation is 1. The van der Waals surface area contributed by atoms with Crippen molar-refractivity contribution in [3.8, 4) is 0 Å². The standard InChI is InChI=1S/C19H19N3O3S2/c1-12-13(2)27-19(25)22(12)10-9-17(23)20-14-5-7-15(8-6-14)21-18(24)16-4-3-11-26-16/h3-8,11H,9-10H2,1-2H3,(H,20,23)(H,21,24). The predicted molar refractivity (Wildman–Crippen MR) is 110 cm³/mol. The Kier molecular flexibility index (Phi) is 5.88. The fraction of sp³-hybridized carbons (Fsp3) is 0.211. The first-order chi connectivity index (χ1) is 12.9. The highest BCUT2D eigenvalue weighted by atomic mass is 32.1. The normalized spacial score (nSPS) is 10.6. The number of thiophene rings is 1. The maximum absolute atomic E-state index is 12.1. The first kappa shape index (κ1) is 19.1. The zero-order valence-electron chi connectivity index (χ0n) is 14.9. The molecule has 2 amide bonds. The summed E-state index contributed by atoms with van der Waals surface area (Å²) in [7, 11) is 0. The maximum atomic E-state index is 12.1. The third-order valence-electron chi connectivity index (χ3n) is 4.11. The number of thiazole rings is 1. The van der Waals surface area contributed by atoms with Crippen molar-refractivity contribution in [3.63, 3.8) is 0 Å². The van der Waals surface area contributed by atoms with Crippen LogP contribution in [-0.4, -0.2) is 16.4 Å². The monoisotopic (exact) mass is 401 g/mol. The first-order valence-electron chi connectivity index (χ1n) is 8.35. The molecule has 0 saturated carbocycles. The molecular formula is C19H19N3O3S2. The number of nitrogens with zero attached hydrogens (tertiary/aromatic N) is 1. The second-order valence-electron chi connectivity index (χ2n) is 5.97. The van der Waals surface area contributed by atoms with Crippen LogP contribution in [-0.2, 0) is 11.3 Å². The van der Waals surface area contributed by atoms with Crippen molar-refractivity contribution in [2.45, 2.75) is 26.8 Å². The Labute approximate surface area is 164 Å². The van der Waals surface area contributed by atoms with Gasteiger partial charge in [0.15, 0.2) is 0 Å². The van der Waals surface area contributed by atoms with E-state index in [1.807, 2.05) is 25.3 Å². The van der Waals surface area contributed by atoms with Gasteiger partial charge in [0.25, 0.3) is 5.91 Å². The van der Waals surface area contributed by atoms with Crippen molar-refractivity contribution < 1.29 is 9.59 Å². The van der Waals surface area contributed by atoms with Crippen molar-refractivity contribution in [1.29, 1.82) is 0 Å². The zero-order valence-corrected chi connectivity index (χ0v) is 16.6. The van der Waals surface area contributed by atoms with Crippen molar-refractivity contribution in [2.24, 2.45) is 0 Å². The van der Waals surface area contributed by atoms with Gasteiger partial charge in [-0.15, -0.1) is 11.3 Å². The predicted octanol–water partition coefficient (Wildman–Crippen LogP) is 3.87. The quantitative estimate of drug-likeness (QED) is 0.658. The van der Waals surface area contributed by atoms with E-state index in [1.165, 1.54) is 22.7 Å². The summed E-state index contributed by atoms with van der Waals surface area (Å²) >= 11 is 2.58. The lowest BCUT2D eigenvalue weighted by molar-refractivity contribution is -0.116. The number of amides is 2. The molecule has 0 radical (unpaired) electrons. The zero-order chi connectivity index (χ0) is 19.4. The molecule has 0 aliphatic rings. The Bertz CT molecular complexity index is 1000. The van der Waals surface area contributed by atoms with Gasteiger partial charge < -0.3 is 15.2 Å². The van der Waals surface area contributed by atoms with Gasteiger partial charge >= 0.3 is 4.87 Å². The minimum atomic E-state index is -0.166. The van der Waals surface area contributed by atoms with Crippen LogP contribution in [0.15, 0.2) is 46.6 Å². The van der Waals surface area contributed by atoms with E-state index in [0.717, 1.165) is 10.6 Å². The van der Waals surface area contributed by atoms with Crippen molar-refractivity contribution in [3.05, 3.63) is 66.9 Å². The molecule has 140 valence electrons. The van der Waals surface area contributed by atoms with Crippen LogP contribution in [0.3, 0.4) is 0 Å². The van der Waals surface area contributed by atoms with Gasteiger partial charge in [0.05, 0.1) is 4.88 Å². The highest BCUT2D eigenvalue weighted by molar-refractivity contribution is 7.12. The molecule has 3 aromatic rings. The second-order valence-corrected chi connectivity index (χ2v) is 8.08. The number of aromatic nitrogens is 1. The Morgan fingerprint density at radius 2 is 1.70 bits per heavy atom. The van der Waals surface area contributed by atoms with E-state index in [-0.39, 0.29) is 23.1 Å². The number of hydrogen-bond donors (Lipinski definition) is 2. The summed E-state index contributed by atoms with van der Waals surface area (Å²) < 4.78 is 1.63. The van der Waals surface area contributed by atoms with Gasteiger partial charge in [-0.1, -0.05) is 17.4 Å². The number of hydrogen-bond acceptors (Lipinski definition) is 5. The molecule has 2 heterocycles.